The second-order valence-corrected chi connectivity index (χ2v) is 5.05. The van der Waals surface area contributed by atoms with Gasteiger partial charge in [-0.05, 0) is 37.6 Å². The Morgan fingerprint density at radius 1 is 1.37 bits per heavy atom. The van der Waals surface area contributed by atoms with Gasteiger partial charge in [0.1, 0.15) is 0 Å². The highest BCUT2D eigenvalue weighted by atomic mass is 15.0. The molecule has 2 heterocycles. The fraction of sp³-hybridized carbons (Fsp3) is 0.400. The van der Waals surface area contributed by atoms with Crippen LogP contribution in [0.1, 0.15) is 19.3 Å². The quantitative estimate of drug-likeness (QED) is 0.883. The first-order valence-electron chi connectivity index (χ1n) is 6.97. The lowest BCUT2D eigenvalue weighted by Gasteiger charge is -2.24. The molecule has 100 valence electrons. The Hall–Kier alpha value is -1.81. The molecule has 0 radical (unpaired) electrons. The van der Waals surface area contributed by atoms with Crippen LogP contribution < -0.4 is 10.6 Å². The third kappa shape index (κ3) is 3.15. The van der Waals surface area contributed by atoms with Gasteiger partial charge >= 0.3 is 0 Å². The summed E-state index contributed by atoms with van der Waals surface area (Å²) >= 11 is 0. The minimum atomic E-state index is 0.602. The zero-order chi connectivity index (χ0) is 12.9. The van der Waals surface area contributed by atoms with Gasteiger partial charge in [-0.1, -0.05) is 12.5 Å². The van der Waals surface area contributed by atoms with E-state index in [1.165, 1.54) is 24.9 Å². The van der Waals surface area contributed by atoms with Crippen LogP contribution in [0.5, 0.6) is 0 Å². The van der Waals surface area contributed by atoms with Crippen LogP contribution in [0.25, 0.3) is 5.69 Å². The molecule has 2 N–H and O–H groups in total. The molecule has 1 aliphatic heterocycles. The zero-order valence-electron chi connectivity index (χ0n) is 11.0. The summed E-state index contributed by atoms with van der Waals surface area (Å²) in [5.74, 6) is 0. The van der Waals surface area contributed by atoms with Crippen molar-refractivity contribution in [2.45, 2.75) is 25.3 Å². The zero-order valence-corrected chi connectivity index (χ0v) is 11.0. The number of aromatic nitrogens is 2. The molecule has 1 fully saturated rings. The number of imidazole rings is 1. The van der Waals surface area contributed by atoms with Gasteiger partial charge in [-0.2, -0.15) is 0 Å². The Kier molecular flexibility index (Phi) is 3.79. The van der Waals surface area contributed by atoms with E-state index in [4.69, 9.17) is 0 Å². The summed E-state index contributed by atoms with van der Waals surface area (Å²) in [7, 11) is 0. The third-order valence-electron chi connectivity index (χ3n) is 3.61. The lowest BCUT2D eigenvalue weighted by Crippen LogP contribution is -2.39. The molecule has 0 saturated carbocycles. The van der Waals surface area contributed by atoms with Crippen LogP contribution in [-0.2, 0) is 0 Å². The molecule has 4 nitrogen and oxygen atoms in total. The predicted octanol–water partition coefficient (Wildman–Crippen LogP) is 2.43. The summed E-state index contributed by atoms with van der Waals surface area (Å²) in [4.78, 5) is 4.08. The average Bonchev–Trinajstić information content (AvgIpc) is 3.01. The molecule has 1 unspecified atom stereocenters. The Morgan fingerprint density at radius 2 is 2.37 bits per heavy atom. The van der Waals surface area contributed by atoms with Crippen LogP contribution in [0.4, 0.5) is 5.69 Å². The first kappa shape index (κ1) is 12.2. The SMILES string of the molecule is c1cc(NCC2CCCCN2)cc(-n2ccnc2)c1. The molecule has 2 aromatic rings. The number of anilines is 1. The van der Waals surface area contributed by atoms with E-state index in [0.29, 0.717) is 6.04 Å². The van der Waals surface area contributed by atoms with Gasteiger partial charge in [-0.15, -0.1) is 0 Å². The van der Waals surface area contributed by atoms with Gasteiger partial charge in [0.15, 0.2) is 0 Å². The number of rotatable bonds is 4. The fourth-order valence-electron chi connectivity index (χ4n) is 2.53. The highest BCUT2D eigenvalue weighted by Gasteiger charge is 2.11. The van der Waals surface area contributed by atoms with E-state index in [0.717, 1.165) is 18.8 Å². The third-order valence-corrected chi connectivity index (χ3v) is 3.61. The molecule has 0 bridgehead atoms. The molecule has 1 aromatic carbocycles. The van der Waals surface area contributed by atoms with Crippen molar-refractivity contribution in [2.75, 3.05) is 18.4 Å². The lowest BCUT2D eigenvalue weighted by molar-refractivity contribution is 0.414. The molecule has 0 spiro atoms. The first-order chi connectivity index (χ1) is 9.42. The van der Waals surface area contributed by atoms with Crippen molar-refractivity contribution in [3.05, 3.63) is 43.0 Å². The molecular formula is C15H20N4. The molecule has 0 amide bonds. The molecule has 4 heteroatoms. The lowest BCUT2D eigenvalue weighted by atomic mass is 10.1. The Balaban J connectivity index is 1.63. The van der Waals surface area contributed by atoms with Crippen LogP contribution in [0.2, 0.25) is 0 Å². The summed E-state index contributed by atoms with van der Waals surface area (Å²) < 4.78 is 2.02. The number of benzene rings is 1. The number of hydrogen-bond acceptors (Lipinski definition) is 3. The average molecular weight is 256 g/mol. The van der Waals surface area contributed by atoms with E-state index in [-0.39, 0.29) is 0 Å². The number of nitrogens with zero attached hydrogens (tertiary/aromatic N) is 2. The second-order valence-electron chi connectivity index (χ2n) is 5.05. The number of nitrogens with one attached hydrogen (secondary N) is 2. The van der Waals surface area contributed by atoms with Crippen molar-refractivity contribution in [2.24, 2.45) is 0 Å². The van der Waals surface area contributed by atoms with Crippen molar-refractivity contribution < 1.29 is 0 Å². The van der Waals surface area contributed by atoms with E-state index in [1.54, 1.807) is 6.20 Å². The van der Waals surface area contributed by atoms with Gasteiger partial charge in [0.05, 0.1) is 6.33 Å². The summed E-state index contributed by atoms with van der Waals surface area (Å²) in [6, 6.07) is 9.04. The van der Waals surface area contributed by atoms with E-state index >= 15 is 0 Å². The Labute approximate surface area is 113 Å². The van der Waals surface area contributed by atoms with Crippen molar-refractivity contribution in [3.63, 3.8) is 0 Å². The normalized spacial score (nSPS) is 19.3. The predicted molar refractivity (Wildman–Crippen MR) is 77.7 cm³/mol. The van der Waals surface area contributed by atoms with Crippen LogP contribution in [-0.4, -0.2) is 28.7 Å². The van der Waals surface area contributed by atoms with Gasteiger partial charge in [-0.25, -0.2) is 4.98 Å². The van der Waals surface area contributed by atoms with Crippen LogP contribution in [0.15, 0.2) is 43.0 Å². The van der Waals surface area contributed by atoms with Crippen molar-refractivity contribution in [1.82, 2.24) is 14.9 Å². The molecule has 3 rings (SSSR count). The highest BCUT2D eigenvalue weighted by molar-refractivity contribution is 5.51. The van der Waals surface area contributed by atoms with E-state index < -0.39 is 0 Å². The van der Waals surface area contributed by atoms with Gasteiger partial charge in [0.2, 0.25) is 0 Å². The highest BCUT2D eigenvalue weighted by Crippen LogP contribution is 2.15. The molecular weight excluding hydrogens is 236 g/mol. The minimum absolute atomic E-state index is 0.602. The van der Waals surface area contributed by atoms with E-state index in [1.807, 2.05) is 17.1 Å². The summed E-state index contributed by atoms with van der Waals surface area (Å²) in [5.41, 5.74) is 2.30. The Bertz CT molecular complexity index is 501. The fourth-order valence-corrected chi connectivity index (χ4v) is 2.53. The maximum atomic E-state index is 4.08. The molecule has 1 aliphatic rings. The van der Waals surface area contributed by atoms with Crippen LogP contribution >= 0.6 is 0 Å². The van der Waals surface area contributed by atoms with E-state index in [2.05, 4.69) is 39.9 Å². The smallest absolute Gasteiger partial charge is 0.0991 e. The molecule has 1 atom stereocenters. The number of hydrogen-bond donors (Lipinski definition) is 2. The summed E-state index contributed by atoms with van der Waals surface area (Å²) in [5, 5.41) is 7.07. The summed E-state index contributed by atoms with van der Waals surface area (Å²) in [6.45, 7) is 2.15. The second kappa shape index (κ2) is 5.89. The summed E-state index contributed by atoms with van der Waals surface area (Å²) in [6.07, 6.45) is 9.50. The maximum Gasteiger partial charge on any atom is 0.0991 e. The topological polar surface area (TPSA) is 41.9 Å². The minimum Gasteiger partial charge on any atom is -0.383 e. The maximum absolute atomic E-state index is 4.08. The molecule has 1 saturated heterocycles. The standard InChI is InChI=1S/C15H20N4/c1-2-7-17-14(4-1)11-18-13-5-3-6-15(10-13)19-9-8-16-12-19/h3,5-6,8-10,12,14,17-18H,1-2,4,7,11H2. The monoisotopic (exact) mass is 256 g/mol. The molecule has 19 heavy (non-hydrogen) atoms. The van der Waals surface area contributed by atoms with Crippen molar-refractivity contribution >= 4 is 5.69 Å². The van der Waals surface area contributed by atoms with Crippen LogP contribution in [0, 0.1) is 0 Å². The van der Waals surface area contributed by atoms with Crippen molar-refractivity contribution in [3.8, 4) is 5.69 Å². The first-order valence-corrected chi connectivity index (χ1v) is 6.97. The van der Waals surface area contributed by atoms with Gasteiger partial charge in [0.25, 0.3) is 0 Å². The Morgan fingerprint density at radius 3 is 3.16 bits per heavy atom. The molecule has 1 aromatic heterocycles. The van der Waals surface area contributed by atoms with Gasteiger partial charge in [-0.3, -0.25) is 0 Å². The largest absolute Gasteiger partial charge is 0.383 e. The number of piperidine rings is 1. The van der Waals surface area contributed by atoms with E-state index in [9.17, 15) is 0 Å². The van der Waals surface area contributed by atoms with Crippen molar-refractivity contribution in [1.29, 1.82) is 0 Å². The van der Waals surface area contributed by atoms with Gasteiger partial charge < -0.3 is 15.2 Å². The molecule has 0 aliphatic carbocycles. The van der Waals surface area contributed by atoms with Gasteiger partial charge in [0, 0.05) is 36.4 Å². The van der Waals surface area contributed by atoms with Crippen LogP contribution in [0.3, 0.4) is 0 Å².